The van der Waals surface area contributed by atoms with Crippen molar-refractivity contribution in [3.05, 3.63) is 35.9 Å². The van der Waals surface area contributed by atoms with Gasteiger partial charge in [-0.1, -0.05) is 0 Å². The molecule has 0 bridgehead atoms. The van der Waals surface area contributed by atoms with Crippen LogP contribution in [-0.2, 0) is 15.0 Å². The van der Waals surface area contributed by atoms with Gasteiger partial charge in [0, 0.05) is 0 Å². The Morgan fingerprint density at radius 3 is 2.53 bits per heavy atom. The minimum absolute atomic E-state index is 0.000244. The van der Waals surface area contributed by atoms with Gasteiger partial charge < -0.3 is 0 Å². The van der Waals surface area contributed by atoms with Crippen LogP contribution in [0.4, 0.5) is 0 Å². The van der Waals surface area contributed by atoms with Crippen molar-refractivity contribution in [1.29, 1.82) is 0 Å². The van der Waals surface area contributed by atoms with Gasteiger partial charge in [-0.15, -0.1) is 0 Å². The zero-order valence-electron chi connectivity index (χ0n) is 11.7. The van der Waals surface area contributed by atoms with Gasteiger partial charge in [-0.05, 0) is 0 Å². The molecule has 1 aromatic rings. The molecular weight excluding hydrogens is 353 g/mol. The molecule has 0 aromatic heterocycles. The molecule has 106 valence electrons. The summed E-state index contributed by atoms with van der Waals surface area (Å²) in [6, 6.07) is 9.65. The molecule has 0 aliphatic carbocycles. The van der Waals surface area contributed by atoms with Gasteiger partial charge in [-0.25, -0.2) is 0 Å². The number of halogens is 1. The van der Waals surface area contributed by atoms with Crippen LogP contribution in [0, 0.1) is 5.92 Å². The van der Waals surface area contributed by atoms with E-state index >= 15 is 0 Å². The Labute approximate surface area is 125 Å². The normalized spacial score (nSPS) is 13.2. The zero-order chi connectivity index (χ0) is 14.3. The van der Waals surface area contributed by atoms with Crippen molar-refractivity contribution in [2.75, 3.05) is 11.5 Å². The van der Waals surface area contributed by atoms with E-state index in [1.54, 1.807) is 0 Å². The number of carbonyl (C=O) groups excluding carboxylic acids is 2. The Morgan fingerprint density at radius 1 is 1.37 bits per heavy atom. The van der Waals surface area contributed by atoms with Crippen molar-refractivity contribution in [2.45, 2.75) is 25.7 Å². The molecule has 0 saturated carbocycles. The Hall–Kier alpha value is -0.750. The molecule has 3 nitrogen and oxygen atoms in total. The van der Waals surface area contributed by atoms with Crippen molar-refractivity contribution in [1.82, 2.24) is 3.53 Å². The molecule has 0 spiro atoms. The number of ketones is 1. The van der Waals surface area contributed by atoms with Crippen LogP contribution in [0.25, 0.3) is 0 Å². The molecule has 1 N–H and O–H groups in total. The van der Waals surface area contributed by atoms with Gasteiger partial charge in [0.25, 0.3) is 0 Å². The number of rotatable bonds is 8. The molecule has 1 unspecified atom stereocenters. The maximum atomic E-state index is 12.5. The van der Waals surface area contributed by atoms with E-state index in [0.29, 0.717) is 6.42 Å². The van der Waals surface area contributed by atoms with Crippen molar-refractivity contribution >= 4 is 12.1 Å². The summed E-state index contributed by atoms with van der Waals surface area (Å²) >= 11 is -0.000244. The molecular formula is C15H21INO2-. The summed E-state index contributed by atoms with van der Waals surface area (Å²) in [6.45, 7) is 4.52. The first-order valence-corrected chi connectivity index (χ1v) is 9.54. The van der Waals surface area contributed by atoms with Crippen molar-refractivity contribution in [2.24, 2.45) is 5.92 Å². The molecule has 0 aliphatic heterocycles. The average Bonchev–Trinajstić information content (AvgIpc) is 2.44. The Kier molecular flexibility index (Phi) is 6.65. The number of hydrogen-bond acceptors (Lipinski definition) is 3. The van der Waals surface area contributed by atoms with Crippen LogP contribution in [0.1, 0.15) is 25.8 Å². The Balaban J connectivity index is 2.81. The van der Waals surface area contributed by atoms with Crippen LogP contribution in [0.2, 0.25) is 0 Å². The summed E-state index contributed by atoms with van der Waals surface area (Å²) in [5.41, 5.74) is 0.344. The van der Waals surface area contributed by atoms with Gasteiger partial charge in [0.1, 0.15) is 0 Å². The number of carbonyl (C=O) groups is 2. The van der Waals surface area contributed by atoms with Crippen molar-refractivity contribution < 1.29 is 31.1 Å². The molecule has 4 heteroatoms. The van der Waals surface area contributed by atoms with E-state index < -0.39 is 11.3 Å². The van der Waals surface area contributed by atoms with Gasteiger partial charge >= 0.3 is 126 Å². The molecule has 1 rings (SSSR count). The fourth-order valence-electron chi connectivity index (χ4n) is 2.03. The first-order valence-electron chi connectivity index (χ1n) is 6.30. The van der Waals surface area contributed by atoms with Crippen LogP contribution in [0.15, 0.2) is 30.3 Å². The van der Waals surface area contributed by atoms with E-state index in [2.05, 4.69) is 8.46 Å². The fraction of sp³-hybridized carbons (Fsp3) is 0.467. The second-order valence-corrected chi connectivity index (χ2v) is 6.80. The number of Topliss-reactive ketones (excluding diaryl/α,β-unsaturated/α-hetero) is 1. The van der Waals surface area contributed by atoms with E-state index in [0.717, 1.165) is 18.4 Å². The quantitative estimate of drug-likeness (QED) is 0.158. The second kappa shape index (κ2) is 7.75. The summed E-state index contributed by atoms with van der Waals surface area (Å²) in [5.74, 6) is -0.511. The zero-order valence-corrected chi connectivity index (χ0v) is 13.8. The maximum absolute atomic E-state index is 12.5. The van der Waals surface area contributed by atoms with Crippen LogP contribution in [0.5, 0.6) is 0 Å². The summed E-state index contributed by atoms with van der Waals surface area (Å²) in [5, 5.41) is 0. The topological polar surface area (TPSA) is 46.2 Å². The molecule has 0 radical (unpaired) electrons. The van der Waals surface area contributed by atoms with Crippen molar-refractivity contribution in [3.8, 4) is 0 Å². The minimum atomic E-state index is -0.617. The third-order valence-corrected chi connectivity index (χ3v) is 4.60. The number of hydrogen-bond donors (Lipinski definition) is 1. The monoisotopic (exact) mass is 374 g/mol. The third kappa shape index (κ3) is 4.38. The number of aldehydes is 1. The molecule has 0 heterocycles. The van der Waals surface area contributed by atoms with E-state index in [9.17, 15) is 9.59 Å². The Bertz CT molecular complexity index is 417. The summed E-state index contributed by atoms with van der Waals surface area (Å²) < 4.78 is 3.26. The fourth-order valence-corrected chi connectivity index (χ4v) is 2.88. The van der Waals surface area contributed by atoms with Gasteiger partial charge in [0.15, 0.2) is 0 Å². The third-order valence-electron chi connectivity index (χ3n) is 3.30. The van der Waals surface area contributed by atoms with Gasteiger partial charge in [0.2, 0.25) is 0 Å². The van der Waals surface area contributed by atoms with E-state index in [4.69, 9.17) is 0 Å². The second-order valence-electron chi connectivity index (χ2n) is 4.96. The van der Waals surface area contributed by atoms with E-state index in [-0.39, 0.29) is 27.3 Å². The predicted octanol–water partition coefficient (Wildman–Crippen LogP) is -1.04. The Morgan fingerprint density at radius 2 is 2.00 bits per heavy atom. The molecule has 1 aromatic carbocycles. The number of alkyl halides is 1. The molecule has 19 heavy (non-hydrogen) atoms. The first kappa shape index (κ1) is 16.3. The van der Waals surface area contributed by atoms with Crippen molar-refractivity contribution in [3.63, 3.8) is 0 Å². The standard InChI is InChI=1S/C15H21INO2/c1-15(2,13-7-5-4-6-8-13)14(19)12(11-18)9-10-17-16-3/h4-8,11-12,17H,9-10H2,1-3H3/q-1. The molecule has 1 atom stereocenters. The van der Waals surface area contributed by atoms with E-state index in [1.807, 2.05) is 44.2 Å². The molecule has 0 fully saturated rings. The van der Waals surface area contributed by atoms with E-state index in [1.165, 1.54) is 0 Å². The molecule has 0 amide bonds. The van der Waals surface area contributed by atoms with Gasteiger partial charge in [0.05, 0.1) is 0 Å². The van der Waals surface area contributed by atoms with Gasteiger partial charge in [-0.3, -0.25) is 0 Å². The average molecular weight is 374 g/mol. The van der Waals surface area contributed by atoms with Crippen LogP contribution in [0.3, 0.4) is 0 Å². The number of nitrogens with one attached hydrogen (secondary N) is 1. The summed E-state index contributed by atoms with van der Waals surface area (Å²) in [4.78, 5) is 25.8. The predicted molar refractivity (Wildman–Crippen MR) is 72.6 cm³/mol. The number of benzene rings is 1. The van der Waals surface area contributed by atoms with Crippen LogP contribution >= 0.6 is 0 Å². The molecule has 0 aliphatic rings. The SMILES string of the molecule is C[I-]NCCC(C=O)C(=O)C(C)(C)c1ccccc1. The summed E-state index contributed by atoms with van der Waals surface area (Å²) in [6.07, 6.45) is 1.38. The molecule has 0 saturated heterocycles. The first-order chi connectivity index (χ1) is 9.04. The van der Waals surface area contributed by atoms with Crippen LogP contribution in [-0.4, -0.2) is 23.5 Å². The van der Waals surface area contributed by atoms with Gasteiger partial charge in [-0.2, -0.15) is 0 Å². The summed E-state index contributed by atoms with van der Waals surface area (Å²) in [7, 11) is 0. The van der Waals surface area contributed by atoms with Crippen LogP contribution < -0.4 is 25.0 Å².